The zero-order chi connectivity index (χ0) is 17.7. The van der Waals surface area contributed by atoms with E-state index >= 15 is 0 Å². The maximum Gasteiger partial charge on any atom is 0.227 e. The molecule has 0 saturated carbocycles. The van der Waals surface area contributed by atoms with E-state index in [0.717, 1.165) is 30.5 Å². The van der Waals surface area contributed by atoms with E-state index in [1.54, 1.807) is 0 Å². The summed E-state index contributed by atoms with van der Waals surface area (Å²) < 4.78 is 0. The molecule has 3 heteroatoms. The van der Waals surface area contributed by atoms with Crippen molar-refractivity contribution in [1.82, 2.24) is 4.98 Å². The van der Waals surface area contributed by atoms with Gasteiger partial charge in [-0.3, -0.25) is 9.78 Å². The van der Waals surface area contributed by atoms with Crippen molar-refractivity contribution >= 4 is 11.6 Å². The smallest absolute Gasteiger partial charge is 0.227 e. The van der Waals surface area contributed by atoms with Crippen LogP contribution >= 0.6 is 0 Å². The molecular formula is C23H20N2O. The number of aryl methyl sites for hydroxylation is 2. The number of pyridine rings is 1. The second kappa shape index (κ2) is 5.80. The van der Waals surface area contributed by atoms with Gasteiger partial charge in [0.2, 0.25) is 5.91 Å². The minimum absolute atomic E-state index is 0.270. The topological polar surface area (TPSA) is 33.2 Å². The molecule has 5 rings (SSSR count). The highest BCUT2D eigenvalue weighted by atomic mass is 16.2. The molecule has 3 heterocycles. The van der Waals surface area contributed by atoms with E-state index in [2.05, 4.69) is 54.4 Å². The van der Waals surface area contributed by atoms with Gasteiger partial charge < -0.3 is 4.90 Å². The fourth-order valence-corrected chi connectivity index (χ4v) is 4.20. The molecule has 0 aliphatic carbocycles. The minimum Gasteiger partial charge on any atom is -0.312 e. The van der Waals surface area contributed by atoms with Crippen molar-refractivity contribution in [3.8, 4) is 22.3 Å². The van der Waals surface area contributed by atoms with Crippen LogP contribution in [0.2, 0.25) is 0 Å². The van der Waals surface area contributed by atoms with Crippen molar-refractivity contribution in [3.05, 3.63) is 71.5 Å². The Morgan fingerprint density at radius 3 is 2.42 bits per heavy atom. The van der Waals surface area contributed by atoms with E-state index in [0.29, 0.717) is 6.42 Å². The number of nitrogens with zero attached hydrogens (tertiary/aromatic N) is 2. The quantitative estimate of drug-likeness (QED) is 0.685. The average molecular weight is 340 g/mol. The molecule has 0 saturated heterocycles. The molecule has 0 spiro atoms. The molecule has 3 nitrogen and oxygen atoms in total. The maximum absolute atomic E-state index is 12.1. The highest BCUT2D eigenvalue weighted by Gasteiger charge is 2.31. The van der Waals surface area contributed by atoms with Crippen molar-refractivity contribution in [2.24, 2.45) is 0 Å². The predicted molar refractivity (Wildman–Crippen MR) is 104 cm³/mol. The van der Waals surface area contributed by atoms with Crippen LogP contribution in [-0.4, -0.2) is 17.4 Å². The summed E-state index contributed by atoms with van der Waals surface area (Å²) in [5, 5.41) is 0. The number of carbonyl (C=O) groups excluding carboxylic acids is 1. The van der Waals surface area contributed by atoms with Crippen molar-refractivity contribution in [3.63, 3.8) is 0 Å². The largest absolute Gasteiger partial charge is 0.312 e. The van der Waals surface area contributed by atoms with Gasteiger partial charge in [0.05, 0.1) is 5.69 Å². The summed E-state index contributed by atoms with van der Waals surface area (Å²) in [6, 6.07) is 15.2. The summed E-state index contributed by atoms with van der Waals surface area (Å²) in [4.78, 5) is 18.6. The lowest BCUT2D eigenvalue weighted by Gasteiger charge is -2.25. The Labute approximate surface area is 153 Å². The van der Waals surface area contributed by atoms with Gasteiger partial charge in [0.1, 0.15) is 0 Å². The Bertz CT molecular complexity index is 1040. The molecule has 128 valence electrons. The van der Waals surface area contributed by atoms with Crippen molar-refractivity contribution in [1.29, 1.82) is 0 Å². The highest BCUT2D eigenvalue weighted by Crippen LogP contribution is 2.40. The lowest BCUT2D eigenvalue weighted by Crippen LogP contribution is -2.32. The average Bonchev–Trinajstić information content (AvgIpc) is 3.10. The Balaban J connectivity index is 1.60. The number of aromatic nitrogens is 1. The zero-order valence-corrected chi connectivity index (χ0v) is 14.8. The van der Waals surface area contributed by atoms with E-state index < -0.39 is 0 Å². The van der Waals surface area contributed by atoms with E-state index in [9.17, 15) is 4.79 Å². The number of hydrogen-bond acceptors (Lipinski definition) is 2. The molecule has 3 aromatic rings. The molecule has 1 aromatic heterocycles. The van der Waals surface area contributed by atoms with Crippen molar-refractivity contribution in [2.75, 3.05) is 11.4 Å². The Hall–Kier alpha value is -2.94. The molecule has 0 fully saturated rings. The first-order chi connectivity index (χ1) is 12.7. The SMILES string of the molecule is Cc1cccc(-c2cncc(-c3cc4c5c(c3)CCN5C(=O)CC4)c2)c1. The van der Waals surface area contributed by atoms with Crippen LogP contribution < -0.4 is 4.90 Å². The molecule has 0 bridgehead atoms. The van der Waals surface area contributed by atoms with Crippen LogP contribution in [0, 0.1) is 6.92 Å². The van der Waals surface area contributed by atoms with Crippen LogP contribution in [0.1, 0.15) is 23.1 Å². The van der Waals surface area contributed by atoms with Gasteiger partial charge >= 0.3 is 0 Å². The molecule has 0 N–H and O–H groups in total. The number of carbonyl (C=O) groups is 1. The number of amides is 1. The summed E-state index contributed by atoms with van der Waals surface area (Å²) in [6.07, 6.45) is 6.28. The van der Waals surface area contributed by atoms with E-state index in [-0.39, 0.29) is 5.91 Å². The fraction of sp³-hybridized carbons (Fsp3) is 0.217. The third-order valence-electron chi connectivity index (χ3n) is 5.47. The van der Waals surface area contributed by atoms with E-state index in [4.69, 9.17) is 0 Å². The molecule has 2 aliphatic heterocycles. The van der Waals surface area contributed by atoms with Crippen LogP contribution in [0.5, 0.6) is 0 Å². The number of anilines is 1. The zero-order valence-electron chi connectivity index (χ0n) is 14.8. The van der Waals surface area contributed by atoms with Gasteiger partial charge in [0.15, 0.2) is 0 Å². The van der Waals surface area contributed by atoms with Crippen LogP contribution in [0.3, 0.4) is 0 Å². The summed E-state index contributed by atoms with van der Waals surface area (Å²) in [5.74, 6) is 0.270. The highest BCUT2D eigenvalue weighted by molar-refractivity contribution is 5.99. The first kappa shape index (κ1) is 15.3. The normalized spacial score (nSPS) is 15.3. The fourth-order valence-electron chi connectivity index (χ4n) is 4.20. The number of rotatable bonds is 2. The number of benzene rings is 2. The second-order valence-electron chi connectivity index (χ2n) is 7.27. The van der Waals surface area contributed by atoms with Crippen LogP contribution in [0.25, 0.3) is 22.3 Å². The molecule has 26 heavy (non-hydrogen) atoms. The molecule has 0 atom stereocenters. The maximum atomic E-state index is 12.1. The van der Waals surface area contributed by atoms with Gasteiger partial charge in [-0.05, 0) is 60.2 Å². The van der Waals surface area contributed by atoms with E-state index in [1.165, 1.54) is 33.5 Å². The summed E-state index contributed by atoms with van der Waals surface area (Å²) >= 11 is 0. The second-order valence-corrected chi connectivity index (χ2v) is 7.27. The molecule has 2 aliphatic rings. The van der Waals surface area contributed by atoms with Gasteiger partial charge in [0.25, 0.3) is 0 Å². The first-order valence-electron chi connectivity index (χ1n) is 9.18. The predicted octanol–water partition coefficient (Wildman–Crippen LogP) is 4.56. The van der Waals surface area contributed by atoms with Gasteiger partial charge in [-0.2, -0.15) is 0 Å². The Morgan fingerprint density at radius 1 is 0.846 bits per heavy atom. The Morgan fingerprint density at radius 2 is 1.62 bits per heavy atom. The molecule has 2 aromatic carbocycles. The van der Waals surface area contributed by atoms with Crippen LogP contribution in [0.15, 0.2) is 54.9 Å². The minimum atomic E-state index is 0.270. The first-order valence-corrected chi connectivity index (χ1v) is 9.18. The van der Waals surface area contributed by atoms with Crippen LogP contribution in [0.4, 0.5) is 5.69 Å². The summed E-state index contributed by atoms with van der Waals surface area (Å²) in [7, 11) is 0. The van der Waals surface area contributed by atoms with E-state index in [1.807, 2.05) is 17.3 Å². The van der Waals surface area contributed by atoms with Crippen molar-refractivity contribution < 1.29 is 4.79 Å². The molecule has 1 amide bonds. The van der Waals surface area contributed by atoms with Crippen LogP contribution in [-0.2, 0) is 17.6 Å². The molecular weight excluding hydrogens is 320 g/mol. The monoisotopic (exact) mass is 340 g/mol. The summed E-state index contributed by atoms with van der Waals surface area (Å²) in [5.41, 5.74) is 9.70. The van der Waals surface area contributed by atoms with Crippen molar-refractivity contribution in [2.45, 2.75) is 26.2 Å². The Kier molecular flexibility index (Phi) is 3.42. The number of hydrogen-bond donors (Lipinski definition) is 0. The van der Waals surface area contributed by atoms with Gasteiger partial charge in [-0.15, -0.1) is 0 Å². The third-order valence-corrected chi connectivity index (χ3v) is 5.47. The van der Waals surface area contributed by atoms with Gasteiger partial charge in [0, 0.05) is 36.5 Å². The van der Waals surface area contributed by atoms with Gasteiger partial charge in [-0.1, -0.05) is 29.8 Å². The lowest BCUT2D eigenvalue weighted by molar-refractivity contribution is -0.118. The third kappa shape index (κ3) is 2.43. The summed E-state index contributed by atoms with van der Waals surface area (Å²) in [6.45, 7) is 2.94. The lowest BCUT2D eigenvalue weighted by atomic mass is 9.93. The molecule has 0 unspecified atom stereocenters. The van der Waals surface area contributed by atoms with Gasteiger partial charge in [-0.25, -0.2) is 0 Å². The molecule has 0 radical (unpaired) electrons. The standard InChI is InChI=1S/C23H20N2O/c1-15-3-2-4-16(9-15)20-12-21(14-24-13-20)19-10-17-5-6-22(26)25-8-7-18(11-19)23(17)25/h2-4,9-14H,5-8H2,1H3.